The van der Waals surface area contributed by atoms with Gasteiger partial charge in [0.15, 0.2) is 63.5 Å². The lowest BCUT2D eigenvalue weighted by Crippen LogP contribution is -2.33. The summed E-state index contributed by atoms with van der Waals surface area (Å²) < 4.78 is 166. The first-order valence-corrected chi connectivity index (χ1v) is 42.2. The third-order valence-electron chi connectivity index (χ3n) is 17.4. The number of hydrogen-bond acceptors (Lipinski definition) is 28. The van der Waals surface area contributed by atoms with Crippen LogP contribution in [0.25, 0.3) is 28.2 Å². The molecule has 636 valence electrons. The zero-order chi connectivity index (χ0) is 87.7. The van der Waals surface area contributed by atoms with Crippen LogP contribution in [0.1, 0.15) is 61.4 Å². The molecule has 15 aromatic rings. The quantitative estimate of drug-likeness (QED) is 0.0292. The Hall–Kier alpha value is -14.4. The van der Waals surface area contributed by atoms with Crippen molar-refractivity contribution in [3.05, 3.63) is 222 Å². The van der Waals surface area contributed by atoms with E-state index in [1.54, 1.807) is 72.8 Å². The lowest BCUT2D eigenvalue weighted by molar-refractivity contribution is -0.123. The summed E-state index contributed by atoms with van der Waals surface area (Å²) in [7, 11) is -5.77. The average molecular weight is 1740 g/mol. The van der Waals surface area contributed by atoms with Gasteiger partial charge in [0.05, 0.1) is 70.6 Å². The number of amides is 2. The summed E-state index contributed by atoms with van der Waals surface area (Å²) >= 11 is 0. The number of hydrogen-bond donors (Lipinski definition) is 7. The first-order valence-electron chi connectivity index (χ1n) is 36.5. The van der Waals surface area contributed by atoms with Crippen LogP contribution in [0.5, 0.6) is 28.7 Å². The summed E-state index contributed by atoms with van der Waals surface area (Å²) in [5.74, 6) is 1.75. The van der Waals surface area contributed by atoms with Crippen molar-refractivity contribution >= 4 is 128 Å². The highest BCUT2D eigenvalue weighted by molar-refractivity contribution is 7.91. The molecule has 2 amide bonds. The minimum Gasteiger partial charge on any atom is -0.495 e. The number of fused-ring (bicyclic) bond motifs is 5. The largest absolute Gasteiger partial charge is 0.495 e. The fraction of sp³-hybridized carbons (Fsp3) is 0.215. The Balaban J connectivity index is 0.000000140. The van der Waals surface area contributed by atoms with Gasteiger partial charge in [-0.1, -0.05) is 30.3 Å². The van der Waals surface area contributed by atoms with Crippen LogP contribution in [-0.2, 0) is 29.5 Å². The van der Waals surface area contributed by atoms with Gasteiger partial charge in [-0.15, -0.1) is 25.5 Å². The zero-order valence-corrected chi connectivity index (χ0v) is 69.3. The summed E-state index contributed by atoms with van der Waals surface area (Å²) in [5.41, 5.74) is 16.8. The van der Waals surface area contributed by atoms with Crippen LogP contribution in [0.3, 0.4) is 0 Å². The molecule has 1 aliphatic rings. The van der Waals surface area contributed by atoms with Gasteiger partial charge in [-0.25, -0.2) is 47.8 Å². The van der Waals surface area contributed by atoms with E-state index in [1.165, 1.54) is 74.6 Å². The van der Waals surface area contributed by atoms with Gasteiger partial charge in [0.2, 0.25) is 35.6 Å². The minimum atomic E-state index is -4.48. The van der Waals surface area contributed by atoms with Crippen molar-refractivity contribution in [3.63, 3.8) is 0 Å². The normalized spacial score (nSPS) is 12.1. The number of sulfone groups is 3. The van der Waals surface area contributed by atoms with E-state index < -0.39 is 60.7 Å². The number of ether oxygens (including phenoxy) is 5. The molecule has 43 heteroatoms. The van der Waals surface area contributed by atoms with Crippen molar-refractivity contribution in [3.8, 4) is 28.7 Å². The lowest BCUT2D eigenvalue weighted by Gasteiger charge is -2.12. The number of nitrogens with one attached hydrogen (secondary N) is 6. The van der Waals surface area contributed by atoms with Crippen LogP contribution in [0.2, 0.25) is 0 Å². The molecule has 122 heavy (non-hydrogen) atoms. The zero-order valence-electron chi connectivity index (χ0n) is 66.8. The maximum absolute atomic E-state index is 12.6. The summed E-state index contributed by atoms with van der Waals surface area (Å²) in [4.78, 5) is 45.1. The van der Waals surface area contributed by atoms with Crippen LogP contribution >= 0.6 is 0 Å². The Labute approximate surface area is 693 Å². The van der Waals surface area contributed by atoms with E-state index in [1.807, 2.05) is 119 Å². The van der Waals surface area contributed by atoms with Crippen LogP contribution in [0.15, 0.2) is 197 Å². The van der Waals surface area contributed by atoms with E-state index in [-0.39, 0.29) is 49.5 Å². The molecule has 0 radical (unpaired) electrons. The number of primary amides is 1. The van der Waals surface area contributed by atoms with Gasteiger partial charge in [0, 0.05) is 79.1 Å². The molecule has 5 aromatic carbocycles. The number of aromatic nitrogens is 15. The molecular weight excluding hydrogens is 1660 g/mol. The maximum atomic E-state index is 12.6. The van der Waals surface area contributed by atoms with Crippen molar-refractivity contribution < 1.29 is 80.5 Å². The number of aryl methyl sites for hydroxylation is 5. The second kappa shape index (κ2) is 36.5. The predicted molar refractivity (Wildman–Crippen MR) is 443 cm³/mol. The minimum absolute atomic E-state index is 0.0419. The fourth-order valence-corrected chi connectivity index (χ4v) is 13.2. The smallest absolute Gasteiger partial charge is 0.405 e. The van der Waals surface area contributed by atoms with E-state index in [4.69, 9.17) is 24.7 Å². The topological polar surface area (TPSA) is 432 Å². The van der Waals surface area contributed by atoms with Gasteiger partial charge in [0.1, 0.15) is 29.5 Å². The van der Waals surface area contributed by atoms with E-state index >= 15 is 0 Å². The molecule has 8 N–H and O–H groups in total. The van der Waals surface area contributed by atoms with E-state index in [9.17, 15) is 56.8 Å². The van der Waals surface area contributed by atoms with Crippen molar-refractivity contribution in [1.29, 1.82) is 0 Å². The third-order valence-corrected chi connectivity index (χ3v) is 20.8. The number of carbonyl (C=O) groups is 2. The number of benzene rings is 5. The SMILES string of the molecule is COc1cc(C(=O)NCC(F)(F)F)ccc1Nc1nc2ccc(C)cn2n1.COc1cc(C(N)=O)ccc1Nc1nc2ccc(C)cn2n1.COc1cc(S(C)(=O)=O)ccc1Nc1nc2ccc(C)cn2n1.Cc1ccc2nc(Nc3ccc(S(C)(=O)=O)cc3OC(F)F)nn2c1.Cc1ccc2nc(Nc3ccc(S(C)(=O)=O)cc3OC3CC3)nn2c1. The average Bonchev–Trinajstić information content (AvgIpc) is 1.49. The van der Waals surface area contributed by atoms with Gasteiger partial charge >= 0.3 is 12.8 Å². The number of nitrogens with two attached hydrogens (primary N) is 1. The summed E-state index contributed by atoms with van der Waals surface area (Å²) in [6.07, 6.45) is 10.2. The molecule has 10 heterocycles. The molecule has 0 spiro atoms. The van der Waals surface area contributed by atoms with Crippen LogP contribution in [0.4, 0.5) is 80.1 Å². The van der Waals surface area contributed by atoms with Crippen molar-refractivity contribution in [2.24, 2.45) is 5.73 Å². The number of halogens is 5. The van der Waals surface area contributed by atoms with Gasteiger partial charge in [0.25, 0.3) is 5.91 Å². The number of methoxy groups -OCH3 is 3. The van der Waals surface area contributed by atoms with Crippen LogP contribution < -0.4 is 61.3 Å². The monoisotopic (exact) mass is 1730 g/mol. The van der Waals surface area contributed by atoms with Gasteiger partial charge in [-0.3, -0.25) is 9.59 Å². The first-order chi connectivity index (χ1) is 57.8. The Morgan fingerprint density at radius 1 is 0.418 bits per heavy atom. The summed E-state index contributed by atoms with van der Waals surface area (Å²) in [5, 5.41) is 38.4. The summed E-state index contributed by atoms with van der Waals surface area (Å²) in [6, 6.07) is 41.1. The molecule has 0 saturated heterocycles. The van der Waals surface area contributed by atoms with Crippen molar-refractivity contribution in [2.45, 2.75) is 81.0 Å². The van der Waals surface area contributed by atoms with Crippen LogP contribution in [-0.4, -0.2) is 176 Å². The maximum Gasteiger partial charge on any atom is 0.405 e. The number of carbonyl (C=O) groups excluding carboxylic acids is 2. The predicted octanol–water partition coefficient (Wildman–Crippen LogP) is 12.7. The molecular formula is C79H79F5N22O13S3. The highest BCUT2D eigenvalue weighted by Crippen LogP contribution is 2.37. The highest BCUT2D eigenvalue weighted by Gasteiger charge is 2.29. The number of alkyl halides is 5. The number of anilines is 10. The molecule has 0 aliphatic heterocycles. The molecule has 35 nitrogen and oxygen atoms in total. The molecule has 1 saturated carbocycles. The Kier molecular flexibility index (Phi) is 26.0. The van der Waals surface area contributed by atoms with E-state index in [0.717, 1.165) is 70.5 Å². The van der Waals surface area contributed by atoms with Gasteiger partial charge < -0.3 is 61.3 Å². The van der Waals surface area contributed by atoms with Crippen molar-refractivity contribution in [2.75, 3.05) is 73.2 Å². The Morgan fingerprint density at radius 3 is 0.992 bits per heavy atom. The molecule has 1 fully saturated rings. The third kappa shape index (κ3) is 22.9. The molecule has 16 rings (SSSR count). The molecule has 10 aromatic heterocycles. The number of rotatable bonds is 23. The second-order valence-electron chi connectivity index (χ2n) is 27.5. The van der Waals surface area contributed by atoms with Crippen molar-refractivity contribution in [1.82, 2.24) is 78.3 Å². The van der Waals surface area contributed by atoms with Gasteiger partial charge in [-0.05, 0) is 178 Å². The molecule has 0 bridgehead atoms. The highest BCUT2D eigenvalue weighted by atomic mass is 32.2. The Morgan fingerprint density at radius 2 is 0.697 bits per heavy atom. The first kappa shape index (κ1) is 87.0. The fourth-order valence-electron chi connectivity index (χ4n) is 11.3. The van der Waals surface area contributed by atoms with Crippen LogP contribution in [0, 0.1) is 34.6 Å². The van der Waals surface area contributed by atoms with E-state index in [0.29, 0.717) is 86.3 Å². The number of nitrogens with zero attached hydrogens (tertiary/aromatic N) is 15. The molecule has 1 aliphatic carbocycles. The summed E-state index contributed by atoms with van der Waals surface area (Å²) in [6.45, 7) is 5.26. The molecule has 0 atom stereocenters. The van der Waals surface area contributed by atoms with Gasteiger partial charge in [-0.2, -0.15) is 46.9 Å². The number of pyridine rings is 5. The van der Waals surface area contributed by atoms with E-state index in [2.05, 4.69) is 81.7 Å². The Bertz CT molecular complexity index is 6620. The standard InChI is InChI=1S/C17H16F3N5O2.C17H18N4O3S.C15H14F2N4O3S.C15H15N5O2.C15H16N4O3S/c1-10-3-6-14-23-16(24-25(14)8-10)22-12-5-4-11(7-13(12)27-2)15(26)21-9-17(18,19)20;1-11-3-8-16-19-17(20-21(16)10-11)18-14-7-6-13(25(2,22)23)9-15(14)24-12-4-5-12;1-9-3-6-13-19-15(20-21(13)8-9)18-11-5-4-10(25(2,22)23)7-12(11)24-14(16)17;1-9-3-6-13-18-15(19-20(13)8-9)17-11-5-4-10(14(16)21)7-12(11)22-2;1-10-4-7-14-17-15(18-19(14)9-10)16-12-6-5-11(23(3,20)21)8-13(12)22-2/h3-8H,9H2,1-2H3,(H,21,26)(H,22,24);3,6-10,12H,4-5H2,1-2H3,(H,18,20);3-8,14H,1-2H3,(H,18,20);3-8H,1-2H3,(H2,16,21)(H,17,19);4-9H,1-3H3,(H,16,18). The second-order valence-corrected chi connectivity index (χ2v) is 33.6. The lowest BCUT2D eigenvalue weighted by atomic mass is 10.1. The molecule has 0 unspecified atom stereocenters.